The monoisotopic (exact) mass is 432 g/mol. The van der Waals surface area contributed by atoms with Gasteiger partial charge in [0.1, 0.15) is 5.75 Å². The molecule has 3 heterocycles. The molecule has 164 valence electrons. The molecule has 0 aliphatic carbocycles. The molecule has 0 bridgehead atoms. The summed E-state index contributed by atoms with van der Waals surface area (Å²) in [5.41, 5.74) is 2.76. The lowest BCUT2D eigenvalue weighted by Crippen LogP contribution is -2.49. The number of nitrogens with zero attached hydrogens (tertiary/aromatic N) is 4. The molecule has 2 aliphatic rings. The van der Waals surface area contributed by atoms with Gasteiger partial charge in [0.25, 0.3) is 0 Å². The van der Waals surface area contributed by atoms with E-state index >= 15 is 0 Å². The highest BCUT2D eigenvalue weighted by Crippen LogP contribution is 2.35. The molecule has 0 N–H and O–H groups in total. The predicted molar refractivity (Wildman–Crippen MR) is 119 cm³/mol. The van der Waals surface area contributed by atoms with E-state index in [2.05, 4.69) is 9.88 Å². The van der Waals surface area contributed by atoms with Gasteiger partial charge in [-0.3, -0.25) is 4.79 Å². The number of fused-ring (bicyclic) bond motifs is 1. The predicted octanol–water partition coefficient (Wildman–Crippen LogP) is 2.77. The summed E-state index contributed by atoms with van der Waals surface area (Å²) in [6.07, 6.45) is 2.16. The summed E-state index contributed by atoms with van der Waals surface area (Å²) in [6.45, 7) is 2.92. The molecule has 2 aromatic carbocycles. The minimum atomic E-state index is 0.129. The number of ether oxygens (including phenoxy) is 3. The van der Waals surface area contributed by atoms with E-state index in [-0.39, 0.29) is 12.7 Å². The van der Waals surface area contributed by atoms with Crippen LogP contribution in [0.3, 0.4) is 0 Å². The lowest BCUT2D eigenvalue weighted by molar-refractivity contribution is -0.130. The summed E-state index contributed by atoms with van der Waals surface area (Å²) in [7, 11) is 1.63. The van der Waals surface area contributed by atoms with Crippen LogP contribution in [-0.4, -0.2) is 60.9 Å². The summed E-state index contributed by atoms with van der Waals surface area (Å²) >= 11 is 0. The van der Waals surface area contributed by atoms with Crippen molar-refractivity contribution in [3.8, 4) is 28.5 Å². The van der Waals surface area contributed by atoms with Gasteiger partial charge < -0.3 is 24.0 Å². The maximum absolute atomic E-state index is 12.7. The van der Waals surface area contributed by atoms with Gasteiger partial charge in [-0.25, -0.2) is 9.97 Å². The van der Waals surface area contributed by atoms with Crippen LogP contribution in [0.4, 0.5) is 5.95 Å². The highest BCUT2D eigenvalue weighted by atomic mass is 16.7. The standard InChI is InChI=1S/C24H24N4O4/c1-30-19-5-2-17(3-6-19)14-23(29)27-10-12-28(13-11-27)24-25-9-8-20(26-24)18-4-7-21-22(15-18)32-16-31-21/h2-9,15H,10-14,16H2,1H3. The Kier molecular flexibility index (Phi) is 5.49. The average molecular weight is 432 g/mol. The van der Waals surface area contributed by atoms with Crippen molar-refractivity contribution in [2.24, 2.45) is 0 Å². The number of methoxy groups -OCH3 is 1. The number of benzene rings is 2. The van der Waals surface area contributed by atoms with Crippen molar-refractivity contribution in [3.63, 3.8) is 0 Å². The number of carbonyl (C=O) groups is 1. The van der Waals surface area contributed by atoms with Crippen LogP contribution in [0.5, 0.6) is 17.2 Å². The Morgan fingerprint density at radius 3 is 2.56 bits per heavy atom. The van der Waals surface area contributed by atoms with Gasteiger partial charge in [-0.2, -0.15) is 0 Å². The molecule has 8 nitrogen and oxygen atoms in total. The molecule has 0 atom stereocenters. The Balaban J connectivity index is 1.21. The molecule has 8 heteroatoms. The van der Waals surface area contributed by atoms with Crippen LogP contribution in [0.25, 0.3) is 11.3 Å². The number of anilines is 1. The normalized spacial score (nSPS) is 15.0. The van der Waals surface area contributed by atoms with E-state index < -0.39 is 0 Å². The van der Waals surface area contributed by atoms with E-state index in [1.165, 1.54) is 0 Å². The third-order valence-corrected chi connectivity index (χ3v) is 5.74. The summed E-state index contributed by atoms with van der Waals surface area (Å²) in [5, 5.41) is 0. The minimum Gasteiger partial charge on any atom is -0.497 e. The van der Waals surface area contributed by atoms with Crippen LogP contribution in [0.2, 0.25) is 0 Å². The Bertz CT molecular complexity index is 1110. The van der Waals surface area contributed by atoms with Crippen molar-refractivity contribution in [2.45, 2.75) is 6.42 Å². The molecule has 1 fully saturated rings. The quantitative estimate of drug-likeness (QED) is 0.614. The van der Waals surface area contributed by atoms with E-state index in [4.69, 9.17) is 19.2 Å². The number of rotatable bonds is 5. The Morgan fingerprint density at radius 2 is 1.78 bits per heavy atom. The SMILES string of the molecule is COc1ccc(CC(=O)N2CCN(c3nccc(-c4ccc5c(c4)OCO5)n3)CC2)cc1. The molecule has 0 unspecified atom stereocenters. The lowest BCUT2D eigenvalue weighted by Gasteiger charge is -2.35. The number of aromatic nitrogens is 2. The van der Waals surface area contributed by atoms with Gasteiger partial charge >= 0.3 is 0 Å². The first-order valence-corrected chi connectivity index (χ1v) is 10.6. The van der Waals surface area contributed by atoms with Gasteiger partial charge in [-0.1, -0.05) is 12.1 Å². The van der Waals surface area contributed by atoms with Gasteiger partial charge in [0.15, 0.2) is 11.5 Å². The van der Waals surface area contributed by atoms with E-state index in [9.17, 15) is 4.79 Å². The molecule has 0 saturated carbocycles. The summed E-state index contributed by atoms with van der Waals surface area (Å²) < 4.78 is 16.0. The molecular weight excluding hydrogens is 408 g/mol. The fourth-order valence-corrected chi connectivity index (χ4v) is 3.90. The summed E-state index contributed by atoms with van der Waals surface area (Å²) in [5.74, 6) is 3.06. The molecule has 2 aliphatic heterocycles. The summed E-state index contributed by atoms with van der Waals surface area (Å²) in [4.78, 5) is 26.0. The maximum Gasteiger partial charge on any atom is 0.231 e. The number of amides is 1. The van der Waals surface area contributed by atoms with Crippen LogP contribution in [0.15, 0.2) is 54.7 Å². The van der Waals surface area contributed by atoms with Crippen molar-refractivity contribution in [3.05, 3.63) is 60.3 Å². The first kappa shape index (κ1) is 20.1. The third-order valence-electron chi connectivity index (χ3n) is 5.74. The molecule has 32 heavy (non-hydrogen) atoms. The van der Waals surface area contributed by atoms with Crippen molar-refractivity contribution in [1.29, 1.82) is 0 Å². The van der Waals surface area contributed by atoms with Crippen molar-refractivity contribution in [2.75, 3.05) is 45.0 Å². The largest absolute Gasteiger partial charge is 0.497 e. The summed E-state index contributed by atoms with van der Waals surface area (Å²) in [6, 6.07) is 15.3. The second-order valence-electron chi connectivity index (χ2n) is 7.70. The average Bonchev–Trinajstić information content (AvgIpc) is 3.33. The van der Waals surface area contributed by atoms with E-state index in [0.29, 0.717) is 38.5 Å². The number of hydrogen-bond acceptors (Lipinski definition) is 7. The van der Waals surface area contributed by atoms with Gasteiger partial charge in [0.05, 0.1) is 19.2 Å². The van der Waals surface area contributed by atoms with E-state index in [1.807, 2.05) is 53.4 Å². The number of carbonyl (C=O) groups excluding carboxylic acids is 1. The second-order valence-corrected chi connectivity index (χ2v) is 7.70. The Morgan fingerprint density at radius 1 is 1.00 bits per heavy atom. The first-order chi connectivity index (χ1) is 15.7. The van der Waals surface area contributed by atoms with E-state index in [1.54, 1.807) is 13.3 Å². The third kappa shape index (κ3) is 4.16. The van der Waals surface area contributed by atoms with Gasteiger partial charge in [-0.15, -0.1) is 0 Å². The lowest BCUT2D eigenvalue weighted by atomic mass is 10.1. The van der Waals surface area contributed by atoms with Crippen molar-refractivity contribution < 1.29 is 19.0 Å². The zero-order chi connectivity index (χ0) is 21.9. The van der Waals surface area contributed by atoms with Crippen molar-refractivity contribution in [1.82, 2.24) is 14.9 Å². The fraction of sp³-hybridized carbons (Fsp3) is 0.292. The van der Waals surface area contributed by atoms with Crippen LogP contribution in [0.1, 0.15) is 5.56 Å². The van der Waals surface area contributed by atoms with Gasteiger partial charge in [0, 0.05) is 37.9 Å². The van der Waals surface area contributed by atoms with Crippen LogP contribution in [-0.2, 0) is 11.2 Å². The second kappa shape index (κ2) is 8.74. The zero-order valence-corrected chi connectivity index (χ0v) is 17.9. The number of piperazine rings is 1. The van der Waals surface area contributed by atoms with Gasteiger partial charge in [-0.05, 0) is 42.0 Å². The zero-order valence-electron chi connectivity index (χ0n) is 17.9. The van der Waals surface area contributed by atoms with Crippen LogP contribution < -0.4 is 19.1 Å². The van der Waals surface area contributed by atoms with Gasteiger partial charge in [0.2, 0.25) is 18.6 Å². The molecule has 1 saturated heterocycles. The van der Waals surface area contributed by atoms with E-state index in [0.717, 1.165) is 34.1 Å². The molecule has 5 rings (SSSR count). The van der Waals surface area contributed by atoms with Crippen LogP contribution in [0, 0.1) is 0 Å². The topological polar surface area (TPSA) is 77.0 Å². The molecule has 1 aromatic heterocycles. The maximum atomic E-state index is 12.7. The Labute approximate surface area is 186 Å². The van der Waals surface area contributed by atoms with Crippen LogP contribution >= 0.6 is 0 Å². The first-order valence-electron chi connectivity index (χ1n) is 10.6. The Hall–Kier alpha value is -3.81. The molecule has 0 spiro atoms. The number of hydrogen-bond donors (Lipinski definition) is 0. The fourth-order valence-electron chi connectivity index (χ4n) is 3.90. The molecule has 0 radical (unpaired) electrons. The molecular formula is C24H24N4O4. The smallest absolute Gasteiger partial charge is 0.231 e. The molecule has 1 amide bonds. The van der Waals surface area contributed by atoms with Crippen molar-refractivity contribution >= 4 is 11.9 Å². The minimum absolute atomic E-state index is 0.129. The molecule has 3 aromatic rings. The highest BCUT2D eigenvalue weighted by molar-refractivity contribution is 5.79. The highest BCUT2D eigenvalue weighted by Gasteiger charge is 2.23.